The summed E-state index contributed by atoms with van der Waals surface area (Å²) in [4.78, 5) is 35.2. The highest BCUT2D eigenvalue weighted by Gasteiger charge is 2.43. The number of rotatable bonds is 5. The van der Waals surface area contributed by atoms with Gasteiger partial charge in [-0.2, -0.15) is 0 Å². The van der Waals surface area contributed by atoms with E-state index < -0.39 is 23.5 Å². The van der Waals surface area contributed by atoms with E-state index >= 15 is 0 Å². The zero-order valence-corrected chi connectivity index (χ0v) is 13.8. The molecule has 1 aromatic rings. The maximum atomic E-state index is 11.9. The number of imide groups is 1. The second-order valence-electron chi connectivity index (χ2n) is 5.50. The average molecular weight is 341 g/mol. The molecule has 1 aliphatic rings. The minimum atomic E-state index is -1.15. The molecule has 2 atom stereocenters. The number of carbonyl (C=O) groups excluding carboxylic acids is 3. The molecule has 1 saturated heterocycles. The van der Waals surface area contributed by atoms with Gasteiger partial charge in [-0.15, -0.1) is 12.4 Å². The Kier molecular flexibility index (Phi) is 6.12. The van der Waals surface area contributed by atoms with E-state index in [9.17, 15) is 14.4 Å². The van der Waals surface area contributed by atoms with Crippen molar-refractivity contribution >= 4 is 35.9 Å². The van der Waals surface area contributed by atoms with Crippen molar-refractivity contribution < 1.29 is 14.4 Å². The Hall–Kier alpha value is -2.12. The van der Waals surface area contributed by atoms with E-state index in [0.717, 1.165) is 6.42 Å². The maximum absolute atomic E-state index is 11.9. The number of halogens is 1. The smallest absolute Gasteiger partial charge is 0.322 e. The molecular weight excluding hydrogens is 320 g/mol. The molecule has 0 bridgehead atoms. The fraction of sp³-hybridized carbons (Fsp3) is 0.400. The molecule has 0 aliphatic carbocycles. The fourth-order valence-electron chi connectivity index (χ4n) is 2.33. The minimum absolute atomic E-state index is 0. The summed E-state index contributed by atoms with van der Waals surface area (Å²) in [6.07, 6.45) is 1.42. The Labute approximate surface area is 140 Å². The van der Waals surface area contributed by atoms with Gasteiger partial charge in [0.1, 0.15) is 5.54 Å². The molecule has 4 amide bonds. The Balaban J connectivity index is 0.00000264. The molecule has 1 fully saturated rings. The molecule has 5 N–H and O–H groups in total. The van der Waals surface area contributed by atoms with Crippen LogP contribution < -0.4 is 21.7 Å². The van der Waals surface area contributed by atoms with E-state index in [2.05, 4.69) is 16.0 Å². The summed E-state index contributed by atoms with van der Waals surface area (Å²) >= 11 is 0. The van der Waals surface area contributed by atoms with Crippen molar-refractivity contribution in [2.24, 2.45) is 5.73 Å². The number of hydrogen-bond donors (Lipinski definition) is 4. The molecule has 0 radical (unpaired) electrons. The maximum Gasteiger partial charge on any atom is 0.322 e. The van der Waals surface area contributed by atoms with E-state index in [4.69, 9.17) is 5.73 Å². The molecule has 1 heterocycles. The number of benzene rings is 1. The van der Waals surface area contributed by atoms with Crippen LogP contribution in [0.25, 0.3) is 0 Å². The number of nitrogens with two attached hydrogens (primary N) is 1. The van der Waals surface area contributed by atoms with Gasteiger partial charge < -0.3 is 16.4 Å². The van der Waals surface area contributed by atoms with E-state index in [-0.39, 0.29) is 18.3 Å². The topological polar surface area (TPSA) is 113 Å². The number of hydrogen-bond acceptors (Lipinski definition) is 4. The predicted octanol–water partition coefficient (Wildman–Crippen LogP) is 1.23. The molecule has 23 heavy (non-hydrogen) atoms. The first-order valence-corrected chi connectivity index (χ1v) is 7.17. The monoisotopic (exact) mass is 340 g/mol. The molecule has 7 nitrogen and oxygen atoms in total. The van der Waals surface area contributed by atoms with Crippen LogP contribution in [0.1, 0.15) is 32.3 Å². The summed E-state index contributed by atoms with van der Waals surface area (Å²) in [6, 6.07) is 5.68. The average Bonchev–Trinajstić information content (AvgIpc) is 2.73. The second kappa shape index (κ2) is 7.43. The van der Waals surface area contributed by atoms with Gasteiger partial charge in [-0.05, 0) is 31.0 Å². The molecule has 1 aliphatic heterocycles. The molecule has 0 saturated carbocycles. The normalized spacial score (nSPS) is 21.0. The molecule has 2 unspecified atom stereocenters. The van der Waals surface area contributed by atoms with Crippen LogP contribution in [0.4, 0.5) is 10.5 Å². The first-order valence-electron chi connectivity index (χ1n) is 7.17. The standard InChI is InChI=1S/C15H20N4O3.ClH/c1-3-5-11(16)12(20)17-10-7-4-6-9(8-10)15(2)13(21)18-14(22)19-15;/h4,6-8,11H,3,5,16H2,1-2H3,(H,17,20)(H2,18,19,21,22);1H. The van der Waals surface area contributed by atoms with Crippen LogP contribution in [0.2, 0.25) is 0 Å². The van der Waals surface area contributed by atoms with E-state index in [0.29, 0.717) is 17.7 Å². The van der Waals surface area contributed by atoms with E-state index in [1.165, 1.54) is 0 Å². The first kappa shape index (κ1) is 18.9. The van der Waals surface area contributed by atoms with Gasteiger partial charge in [0.25, 0.3) is 5.91 Å². The van der Waals surface area contributed by atoms with Gasteiger partial charge in [0.2, 0.25) is 5.91 Å². The lowest BCUT2D eigenvalue weighted by molar-refractivity contribution is -0.123. The summed E-state index contributed by atoms with van der Waals surface area (Å²) in [7, 11) is 0. The van der Waals surface area contributed by atoms with Crippen LogP contribution >= 0.6 is 12.4 Å². The van der Waals surface area contributed by atoms with Gasteiger partial charge >= 0.3 is 6.03 Å². The second-order valence-corrected chi connectivity index (χ2v) is 5.50. The van der Waals surface area contributed by atoms with Crippen LogP contribution in [-0.4, -0.2) is 23.9 Å². The van der Waals surface area contributed by atoms with Crippen molar-refractivity contribution in [2.75, 3.05) is 5.32 Å². The minimum Gasteiger partial charge on any atom is -0.325 e. The number of anilines is 1. The van der Waals surface area contributed by atoms with Crippen LogP contribution in [0.3, 0.4) is 0 Å². The lowest BCUT2D eigenvalue weighted by Crippen LogP contribution is -2.40. The Morgan fingerprint density at radius 1 is 1.39 bits per heavy atom. The molecule has 8 heteroatoms. The SMILES string of the molecule is CCCC(N)C(=O)Nc1cccc(C2(C)NC(=O)NC2=O)c1.Cl. The predicted molar refractivity (Wildman–Crippen MR) is 89.2 cm³/mol. The van der Waals surface area contributed by atoms with Crippen molar-refractivity contribution in [3.8, 4) is 0 Å². The van der Waals surface area contributed by atoms with Crippen LogP contribution in [0.5, 0.6) is 0 Å². The highest BCUT2D eigenvalue weighted by molar-refractivity contribution is 6.07. The summed E-state index contributed by atoms with van der Waals surface area (Å²) in [5, 5.41) is 7.51. The molecule has 2 rings (SSSR count). The Morgan fingerprint density at radius 2 is 2.09 bits per heavy atom. The largest absolute Gasteiger partial charge is 0.325 e. The number of urea groups is 1. The first-order chi connectivity index (χ1) is 10.4. The molecular formula is C15H21ClN4O3. The van der Waals surface area contributed by atoms with Crippen molar-refractivity contribution in [1.29, 1.82) is 0 Å². The summed E-state index contributed by atoms with van der Waals surface area (Å²) < 4.78 is 0. The zero-order chi connectivity index (χ0) is 16.3. The van der Waals surface area contributed by atoms with Gasteiger partial charge in [0.15, 0.2) is 0 Å². The van der Waals surface area contributed by atoms with Crippen molar-refractivity contribution in [1.82, 2.24) is 10.6 Å². The summed E-state index contributed by atoms with van der Waals surface area (Å²) in [5.74, 6) is -0.701. The van der Waals surface area contributed by atoms with Crippen LogP contribution in [0.15, 0.2) is 24.3 Å². The van der Waals surface area contributed by atoms with Crippen LogP contribution in [-0.2, 0) is 15.1 Å². The zero-order valence-electron chi connectivity index (χ0n) is 13.0. The molecule has 0 aromatic heterocycles. The van der Waals surface area contributed by atoms with Gasteiger partial charge in [-0.1, -0.05) is 25.5 Å². The van der Waals surface area contributed by atoms with Gasteiger partial charge in [0, 0.05) is 5.69 Å². The quantitative estimate of drug-likeness (QED) is 0.604. The summed E-state index contributed by atoms with van der Waals surface area (Å²) in [6.45, 7) is 3.56. The Bertz CT molecular complexity index is 622. The third-order valence-corrected chi connectivity index (χ3v) is 3.69. The van der Waals surface area contributed by atoms with E-state index in [1.807, 2.05) is 6.92 Å². The third-order valence-electron chi connectivity index (χ3n) is 3.69. The highest BCUT2D eigenvalue weighted by Crippen LogP contribution is 2.26. The van der Waals surface area contributed by atoms with Gasteiger partial charge in [-0.25, -0.2) is 4.79 Å². The third kappa shape index (κ3) is 4.00. The highest BCUT2D eigenvalue weighted by atomic mass is 35.5. The molecule has 126 valence electrons. The fourth-order valence-corrected chi connectivity index (χ4v) is 2.33. The van der Waals surface area contributed by atoms with Crippen molar-refractivity contribution in [3.63, 3.8) is 0 Å². The number of carbonyl (C=O) groups is 3. The van der Waals surface area contributed by atoms with E-state index in [1.54, 1.807) is 31.2 Å². The van der Waals surface area contributed by atoms with Gasteiger partial charge in [-0.3, -0.25) is 14.9 Å². The molecule has 1 aromatic carbocycles. The lowest BCUT2D eigenvalue weighted by Gasteiger charge is -2.22. The summed E-state index contributed by atoms with van der Waals surface area (Å²) in [5.41, 5.74) is 5.73. The molecule has 0 spiro atoms. The van der Waals surface area contributed by atoms with Crippen molar-refractivity contribution in [2.45, 2.75) is 38.3 Å². The number of nitrogens with one attached hydrogen (secondary N) is 3. The van der Waals surface area contributed by atoms with Gasteiger partial charge in [0.05, 0.1) is 6.04 Å². The lowest BCUT2D eigenvalue weighted by atomic mass is 9.92. The van der Waals surface area contributed by atoms with Crippen LogP contribution in [0, 0.1) is 0 Å². The Morgan fingerprint density at radius 3 is 2.65 bits per heavy atom. The number of amides is 4. The van der Waals surface area contributed by atoms with Crippen molar-refractivity contribution in [3.05, 3.63) is 29.8 Å².